The second-order valence-corrected chi connectivity index (χ2v) is 6.30. The highest BCUT2D eigenvalue weighted by Crippen LogP contribution is 2.16. The number of hydrogen-bond donors (Lipinski definition) is 1. The molecule has 0 unspecified atom stereocenters. The number of aryl methyl sites for hydroxylation is 1. The summed E-state index contributed by atoms with van der Waals surface area (Å²) in [5.41, 5.74) is 1.93. The van der Waals surface area contributed by atoms with Gasteiger partial charge in [0.15, 0.2) is 5.96 Å². The zero-order chi connectivity index (χ0) is 17.8. The Morgan fingerprint density at radius 1 is 1.32 bits per heavy atom. The molecular weight excluding hydrogens is 340 g/mol. The third-order valence-electron chi connectivity index (χ3n) is 4.10. The number of guanidine groups is 1. The van der Waals surface area contributed by atoms with Crippen molar-refractivity contribution in [3.63, 3.8) is 0 Å². The maximum absolute atomic E-state index is 12.5. The van der Waals surface area contributed by atoms with Crippen LogP contribution < -0.4 is 10.2 Å². The van der Waals surface area contributed by atoms with Gasteiger partial charge in [-0.2, -0.15) is 5.10 Å². The van der Waals surface area contributed by atoms with Gasteiger partial charge in [0.05, 0.1) is 11.9 Å². The average Bonchev–Trinajstić information content (AvgIpc) is 3.03. The maximum Gasteiger partial charge on any atom is 0.246 e. The Hall–Kier alpha value is -2.54. The molecule has 0 bridgehead atoms. The molecule has 1 aromatic carbocycles. The Bertz CT molecular complexity index is 770. The number of aliphatic imine (C=N–C) groups is 1. The number of halogens is 1. The highest BCUT2D eigenvalue weighted by atomic mass is 35.5. The van der Waals surface area contributed by atoms with Crippen LogP contribution in [0.3, 0.4) is 0 Å². The molecule has 1 amide bonds. The summed E-state index contributed by atoms with van der Waals surface area (Å²) in [5, 5.41) is 8.14. The molecule has 1 N–H and O–H groups in total. The molecule has 0 atom stereocenters. The maximum atomic E-state index is 12.5. The van der Waals surface area contributed by atoms with Crippen LogP contribution in [0.25, 0.3) is 0 Å². The summed E-state index contributed by atoms with van der Waals surface area (Å²) in [7, 11) is 3.56. The summed E-state index contributed by atoms with van der Waals surface area (Å²) in [5.74, 6) is 0.753. The highest BCUT2D eigenvalue weighted by Gasteiger charge is 2.27. The van der Waals surface area contributed by atoms with Gasteiger partial charge in [-0.15, -0.1) is 0 Å². The van der Waals surface area contributed by atoms with Crippen molar-refractivity contribution in [1.29, 1.82) is 0 Å². The van der Waals surface area contributed by atoms with Crippen molar-refractivity contribution in [3.05, 3.63) is 47.2 Å². The topological polar surface area (TPSA) is 65.8 Å². The van der Waals surface area contributed by atoms with Crippen LogP contribution in [0.2, 0.25) is 5.02 Å². The van der Waals surface area contributed by atoms with E-state index in [0.29, 0.717) is 30.6 Å². The number of anilines is 1. The number of nitrogens with one attached hydrogen (secondary N) is 1. The first-order valence-electron chi connectivity index (χ1n) is 8.06. The minimum atomic E-state index is 0.0358. The van der Waals surface area contributed by atoms with E-state index < -0.39 is 0 Å². The molecule has 2 aromatic rings. The first-order valence-corrected chi connectivity index (χ1v) is 8.43. The lowest BCUT2D eigenvalue weighted by Gasteiger charge is -2.35. The molecule has 1 aliphatic rings. The molecule has 3 rings (SSSR count). The van der Waals surface area contributed by atoms with Crippen molar-refractivity contribution >= 4 is 29.2 Å². The van der Waals surface area contributed by atoms with Gasteiger partial charge in [-0.05, 0) is 17.7 Å². The predicted octanol–water partition coefficient (Wildman–Crippen LogP) is 1.50. The molecule has 25 heavy (non-hydrogen) atoms. The van der Waals surface area contributed by atoms with E-state index in [1.54, 1.807) is 22.8 Å². The molecular formula is C17H21ClN6O. The number of amides is 1. The van der Waals surface area contributed by atoms with Crippen molar-refractivity contribution in [2.75, 3.05) is 31.6 Å². The minimum absolute atomic E-state index is 0.0358. The zero-order valence-corrected chi connectivity index (χ0v) is 15.1. The number of benzene rings is 1. The van der Waals surface area contributed by atoms with Crippen molar-refractivity contribution in [2.45, 2.75) is 6.54 Å². The first-order chi connectivity index (χ1) is 12.1. The van der Waals surface area contributed by atoms with Crippen LogP contribution in [-0.4, -0.2) is 53.2 Å². The van der Waals surface area contributed by atoms with Gasteiger partial charge >= 0.3 is 0 Å². The summed E-state index contributed by atoms with van der Waals surface area (Å²) < 4.78 is 1.70. The number of carbonyl (C=O) groups excluding carboxylic acids is 1. The quantitative estimate of drug-likeness (QED) is 0.665. The van der Waals surface area contributed by atoms with E-state index in [2.05, 4.69) is 15.4 Å². The van der Waals surface area contributed by atoms with Gasteiger partial charge in [-0.1, -0.05) is 23.7 Å². The molecule has 1 aromatic heterocycles. The van der Waals surface area contributed by atoms with Crippen molar-refractivity contribution in [2.24, 2.45) is 12.0 Å². The van der Waals surface area contributed by atoms with E-state index in [9.17, 15) is 4.79 Å². The fourth-order valence-electron chi connectivity index (χ4n) is 2.79. The number of nitrogens with zero attached hydrogens (tertiary/aromatic N) is 5. The normalized spacial score (nSPS) is 15.6. The molecule has 1 saturated heterocycles. The highest BCUT2D eigenvalue weighted by molar-refractivity contribution is 6.30. The Labute approximate surface area is 151 Å². The van der Waals surface area contributed by atoms with Crippen molar-refractivity contribution in [3.8, 4) is 0 Å². The average molecular weight is 361 g/mol. The molecule has 132 valence electrons. The molecule has 7 nitrogen and oxygen atoms in total. The molecule has 2 heterocycles. The van der Waals surface area contributed by atoms with E-state index in [0.717, 1.165) is 11.3 Å². The van der Waals surface area contributed by atoms with Gasteiger partial charge in [0.25, 0.3) is 0 Å². The third kappa shape index (κ3) is 4.11. The van der Waals surface area contributed by atoms with Gasteiger partial charge in [0.2, 0.25) is 5.91 Å². The molecule has 0 radical (unpaired) electrons. The Kier molecular flexibility index (Phi) is 5.23. The molecule has 8 heteroatoms. The van der Waals surface area contributed by atoms with Gasteiger partial charge in [-0.25, -0.2) is 0 Å². The number of piperazine rings is 1. The fraction of sp³-hybridized carbons (Fsp3) is 0.353. The number of hydrogen-bond acceptors (Lipinski definition) is 3. The molecule has 1 fully saturated rings. The summed E-state index contributed by atoms with van der Waals surface area (Å²) in [6.45, 7) is 2.23. The van der Waals surface area contributed by atoms with E-state index in [4.69, 9.17) is 11.6 Å². The fourth-order valence-corrected chi connectivity index (χ4v) is 2.92. The smallest absolute Gasteiger partial charge is 0.246 e. The van der Waals surface area contributed by atoms with Crippen LogP contribution in [-0.2, 0) is 18.4 Å². The van der Waals surface area contributed by atoms with Crippen LogP contribution >= 0.6 is 11.6 Å². The van der Waals surface area contributed by atoms with E-state index in [-0.39, 0.29) is 12.5 Å². The second kappa shape index (κ2) is 7.57. The first kappa shape index (κ1) is 17.3. The summed E-state index contributed by atoms with van der Waals surface area (Å²) in [4.78, 5) is 20.5. The lowest BCUT2D eigenvalue weighted by atomic mass is 10.2. The zero-order valence-electron chi connectivity index (χ0n) is 14.3. The lowest BCUT2D eigenvalue weighted by molar-refractivity contribution is -0.120. The van der Waals surface area contributed by atoms with Crippen LogP contribution in [0.1, 0.15) is 5.56 Å². The van der Waals surface area contributed by atoms with Gasteiger partial charge in [0, 0.05) is 44.9 Å². The molecule has 0 aliphatic carbocycles. The largest absolute Gasteiger partial charge is 0.352 e. The molecule has 1 aliphatic heterocycles. The molecule has 0 spiro atoms. The summed E-state index contributed by atoms with van der Waals surface area (Å²) in [6.07, 6.45) is 3.56. The number of rotatable bonds is 3. The Morgan fingerprint density at radius 3 is 2.68 bits per heavy atom. The van der Waals surface area contributed by atoms with Crippen molar-refractivity contribution in [1.82, 2.24) is 20.0 Å². The molecule has 0 saturated carbocycles. The van der Waals surface area contributed by atoms with Crippen LogP contribution in [0.4, 0.5) is 5.69 Å². The second-order valence-electron chi connectivity index (χ2n) is 5.87. The van der Waals surface area contributed by atoms with Crippen LogP contribution in [0.5, 0.6) is 0 Å². The van der Waals surface area contributed by atoms with Crippen LogP contribution in [0.15, 0.2) is 41.7 Å². The number of aromatic nitrogens is 2. The summed E-state index contributed by atoms with van der Waals surface area (Å²) >= 11 is 5.90. The lowest BCUT2D eigenvalue weighted by Crippen LogP contribution is -2.55. The predicted molar refractivity (Wildman–Crippen MR) is 98.8 cm³/mol. The van der Waals surface area contributed by atoms with Crippen LogP contribution in [0, 0.1) is 0 Å². The Balaban J connectivity index is 1.59. The van der Waals surface area contributed by atoms with E-state index in [1.165, 1.54) is 0 Å². The van der Waals surface area contributed by atoms with E-state index >= 15 is 0 Å². The SMILES string of the molecule is CN=C(NCc1ccc(Cl)cc1)N1CCN(c2cnn(C)c2)C(=O)C1. The van der Waals surface area contributed by atoms with Gasteiger partial charge < -0.3 is 15.1 Å². The Morgan fingerprint density at radius 2 is 2.08 bits per heavy atom. The van der Waals surface area contributed by atoms with Gasteiger partial charge in [0.1, 0.15) is 6.54 Å². The van der Waals surface area contributed by atoms with Gasteiger partial charge in [-0.3, -0.25) is 14.5 Å². The number of carbonyl (C=O) groups is 1. The van der Waals surface area contributed by atoms with Crippen molar-refractivity contribution < 1.29 is 4.79 Å². The standard InChI is InChI=1S/C17H21ClN6O/c1-19-17(20-9-13-3-5-14(18)6-4-13)23-7-8-24(16(25)12-23)15-10-21-22(2)11-15/h3-6,10-11H,7-9,12H2,1-2H3,(H,19,20). The summed E-state index contributed by atoms with van der Waals surface area (Å²) in [6, 6.07) is 7.65. The van der Waals surface area contributed by atoms with E-state index in [1.807, 2.05) is 42.4 Å². The minimum Gasteiger partial charge on any atom is -0.352 e. The monoisotopic (exact) mass is 360 g/mol. The third-order valence-corrected chi connectivity index (χ3v) is 4.35.